The number of nitrogens with zero attached hydrogens (tertiary/aromatic N) is 6. The number of benzene rings is 1. The number of rotatable bonds is 6. The van der Waals surface area contributed by atoms with Gasteiger partial charge in [0, 0.05) is 36.9 Å². The number of hydrogen-bond donors (Lipinski definition) is 2. The Morgan fingerprint density at radius 3 is 2.47 bits per heavy atom. The summed E-state index contributed by atoms with van der Waals surface area (Å²) in [4.78, 5) is 24.0. The molecule has 5 rings (SSSR count). The number of halogens is 1. The Morgan fingerprint density at radius 1 is 0.882 bits per heavy atom. The van der Waals surface area contributed by atoms with Crippen molar-refractivity contribution in [3.8, 4) is 11.5 Å². The summed E-state index contributed by atoms with van der Waals surface area (Å²) < 4.78 is 20.1. The first-order chi connectivity index (χ1) is 16.6. The number of nitrogens with one attached hydrogen (secondary N) is 2. The van der Waals surface area contributed by atoms with Crippen molar-refractivity contribution < 1.29 is 9.13 Å². The van der Waals surface area contributed by atoms with Crippen molar-refractivity contribution >= 4 is 29.0 Å². The second-order valence-electron chi connectivity index (χ2n) is 7.71. The molecule has 0 unspecified atom stereocenters. The van der Waals surface area contributed by atoms with Crippen molar-refractivity contribution in [3.63, 3.8) is 0 Å². The molecule has 2 N–H and O–H groups in total. The van der Waals surface area contributed by atoms with Crippen LogP contribution in [-0.2, 0) is 4.74 Å². The van der Waals surface area contributed by atoms with E-state index in [0.29, 0.717) is 42.1 Å². The molecule has 0 amide bonds. The van der Waals surface area contributed by atoms with E-state index >= 15 is 0 Å². The lowest BCUT2D eigenvalue weighted by molar-refractivity contribution is 0.122. The molecular weight excluding hydrogens is 435 g/mol. The van der Waals surface area contributed by atoms with Gasteiger partial charge < -0.3 is 20.3 Å². The van der Waals surface area contributed by atoms with Gasteiger partial charge in [-0.2, -0.15) is 4.98 Å². The Bertz CT molecular complexity index is 1300. The van der Waals surface area contributed by atoms with Crippen molar-refractivity contribution in [2.24, 2.45) is 0 Å². The normalized spacial score (nSPS) is 13.5. The second-order valence-corrected chi connectivity index (χ2v) is 7.71. The highest BCUT2D eigenvalue weighted by Crippen LogP contribution is 2.25. The van der Waals surface area contributed by atoms with Gasteiger partial charge in [0.2, 0.25) is 5.95 Å². The third-order valence-electron chi connectivity index (χ3n) is 5.26. The standard InChI is InChI=1S/C24H23FN8O/c1-16-3-2-4-20(28-16)23-26-9-7-21(31-23)30-22-8-10-27-24(32-22)29-19-6-5-17(15-18(19)25)33-11-13-34-14-12-33/h2-10,15H,11-14H2,1H3,(H2,26,27,29,30,31,32). The van der Waals surface area contributed by atoms with Gasteiger partial charge in [0.15, 0.2) is 5.82 Å². The van der Waals surface area contributed by atoms with Crippen LogP contribution in [0.15, 0.2) is 60.9 Å². The van der Waals surface area contributed by atoms with E-state index in [1.54, 1.807) is 30.6 Å². The predicted octanol–water partition coefficient (Wildman–Crippen LogP) is 4.10. The van der Waals surface area contributed by atoms with Crippen LogP contribution in [0.3, 0.4) is 0 Å². The van der Waals surface area contributed by atoms with Crippen LogP contribution < -0.4 is 15.5 Å². The van der Waals surface area contributed by atoms with Crippen LogP contribution in [-0.4, -0.2) is 51.2 Å². The molecule has 9 nitrogen and oxygen atoms in total. The van der Waals surface area contributed by atoms with Crippen molar-refractivity contribution in [3.05, 3.63) is 72.4 Å². The lowest BCUT2D eigenvalue weighted by Crippen LogP contribution is -2.36. The van der Waals surface area contributed by atoms with Crippen molar-refractivity contribution in [1.29, 1.82) is 0 Å². The molecule has 172 valence electrons. The summed E-state index contributed by atoms with van der Waals surface area (Å²) >= 11 is 0. The highest BCUT2D eigenvalue weighted by atomic mass is 19.1. The molecule has 1 aliphatic heterocycles. The van der Waals surface area contributed by atoms with Gasteiger partial charge in [0.1, 0.15) is 23.1 Å². The first kappa shape index (κ1) is 21.7. The van der Waals surface area contributed by atoms with E-state index < -0.39 is 0 Å². The molecule has 4 aromatic rings. The molecule has 10 heteroatoms. The number of aryl methyl sites for hydroxylation is 1. The molecule has 1 aliphatic rings. The maximum atomic E-state index is 14.8. The molecular formula is C24H23FN8O. The smallest absolute Gasteiger partial charge is 0.229 e. The fourth-order valence-electron chi connectivity index (χ4n) is 3.58. The molecule has 0 saturated carbocycles. The predicted molar refractivity (Wildman–Crippen MR) is 128 cm³/mol. The Hall–Kier alpha value is -4.18. The van der Waals surface area contributed by atoms with Crippen LogP contribution in [0.1, 0.15) is 5.69 Å². The summed E-state index contributed by atoms with van der Waals surface area (Å²) in [5.41, 5.74) is 2.69. The van der Waals surface area contributed by atoms with E-state index in [9.17, 15) is 4.39 Å². The lowest BCUT2D eigenvalue weighted by atomic mass is 10.2. The quantitative estimate of drug-likeness (QED) is 0.442. The Kier molecular flexibility index (Phi) is 6.21. The first-order valence-electron chi connectivity index (χ1n) is 10.9. The largest absolute Gasteiger partial charge is 0.378 e. The van der Waals surface area contributed by atoms with Crippen molar-refractivity contribution in [2.75, 3.05) is 41.8 Å². The third-order valence-corrected chi connectivity index (χ3v) is 5.26. The van der Waals surface area contributed by atoms with E-state index in [2.05, 4.69) is 40.5 Å². The molecule has 1 fully saturated rings. The fraction of sp³-hybridized carbons (Fsp3) is 0.208. The minimum absolute atomic E-state index is 0.262. The average molecular weight is 459 g/mol. The minimum atomic E-state index is -0.378. The van der Waals surface area contributed by atoms with Crippen molar-refractivity contribution in [2.45, 2.75) is 6.92 Å². The average Bonchev–Trinajstić information content (AvgIpc) is 2.86. The second kappa shape index (κ2) is 9.75. The van der Waals surface area contributed by atoms with E-state index in [0.717, 1.165) is 24.5 Å². The molecule has 1 saturated heterocycles. The minimum Gasteiger partial charge on any atom is -0.378 e. The fourth-order valence-corrected chi connectivity index (χ4v) is 3.58. The summed E-state index contributed by atoms with van der Waals surface area (Å²) in [5, 5.41) is 6.09. The monoisotopic (exact) mass is 458 g/mol. The van der Waals surface area contributed by atoms with E-state index in [4.69, 9.17) is 4.74 Å². The number of hydrogen-bond acceptors (Lipinski definition) is 9. The maximum absolute atomic E-state index is 14.8. The lowest BCUT2D eigenvalue weighted by Gasteiger charge is -2.29. The van der Waals surface area contributed by atoms with E-state index in [1.165, 1.54) is 6.07 Å². The Morgan fingerprint density at radius 2 is 1.68 bits per heavy atom. The zero-order chi connectivity index (χ0) is 23.3. The molecule has 3 aromatic heterocycles. The highest BCUT2D eigenvalue weighted by molar-refractivity contribution is 5.62. The summed E-state index contributed by atoms with van der Waals surface area (Å²) in [5.74, 6) is 1.45. The zero-order valence-corrected chi connectivity index (χ0v) is 18.6. The molecule has 0 spiro atoms. The van der Waals surface area contributed by atoms with Crippen LogP contribution in [0.4, 0.5) is 33.3 Å². The van der Waals surface area contributed by atoms with Gasteiger partial charge in [-0.05, 0) is 49.4 Å². The van der Waals surface area contributed by atoms with Gasteiger partial charge in [-0.1, -0.05) is 6.07 Å². The Balaban J connectivity index is 1.30. The van der Waals surface area contributed by atoms with E-state index in [1.807, 2.05) is 31.2 Å². The van der Waals surface area contributed by atoms with Crippen LogP contribution in [0.5, 0.6) is 0 Å². The summed E-state index contributed by atoms with van der Waals surface area (Å²) in [6, 6.07) is 14.2. The molecule has 0 aliphatic carbocycles. The first-order valence-corrected chi connectivity index (χ1v) is 10.9. The molecule has 1 aromatic carbocycles. The van der Waals surface area contributed by atoms with Crippen LogP contribution in [0, 0.1) is 12.7 Å². The molecule has 4 heterocycles. The number of morpholine rings is 1. The van der Waals surface area contributed by atoms with E-state index in [-0.39, 0.29) is 11.8 Å². The van der Waals surface area contributed by atoms with Crippen molar-refractivity contribution in [1.82, 2.24) is 24.9 Å². The molecule has 0 radical (unpaired) electrons. The molecule has 0 bridgehead atoms. The van der Waals surface area contributed by atoms with Crippen LogP contribution in [0.25, 0.3) is 11.5 Å². The number of aromatic nitrogens is 5. The summed E-state index contributed by atoms with van der Waals surface area (Å²) in [6.45, 7) is 4.69. The van der Waals surface area contributed by atoms with Gasteiger partial charge in [0.05, 0.1) is 18.9 Å². The van der Waals surface area contributed by atoms with Gasteiger partial charge >= 0.3 is 0 Å². The van der Waals surface area contributed by atoms with Gasteiger partial charge in [0.25, 0.3) is 0 Å². The third kappa shape index (κ3) is 5.07. The number of ether oxygens (including phenoxy) is 1. The molecule has 0 atom stereocenters. The molecule has 34 heavy (non-hydrogen) atoms. The topological polar surface area (TPSA) is 101 Å². The van der Waals surface area contributed by atoms with Gasteiger partial charge in [-0.3, -0.25) is 0 Å². The van der Waals surface area contributed by atoms with Crippen LogP contribution >= 0.6 is 0 Å². The van der Waals surface area contributed by atoms with Gasteiger partial charge in [-0.25, -0.2) is 24.3 Å². The zero-order valence-electron chi connectivity index (χ0n) is 18.6. The van der Waals surface area contributed by atoms with Crippen LogP contribution in [0.2, 0.25) is 0 Å². The maximum Gasteiger partial charge on any atom is 0.229 e. The summed E-state index contributed by atoms with van der Waals surface area (Å²) in [7, 11) is 0. The summed E-state index contributed by atoms with van der Waals surface area (Å²) in [6.07, 6.45) is 3.24. The Labute approximate surface area is 196 Å². The number of pyridine rings is 1. The van der Waals surface area contributed by atoms with Gasteiger partial charge in [-0.15, -0.1) is 0 Å². The highest BCUT2D eigenvalue weighted by Gasteiger charge is 2.14. The number of anilines is 5. The SMILES string of the molecule is Cc1cccc(-c2nccc(Nc3ccnc(Nc4ccc(N5CCOCC5)cc4F)n3)n2)n1.